The molecule has 0 aliphatic rings. The molecule has 0 atom stereocenters. The van der Waals surface area contributed by atoms with Crippen molar-refractivity contribution < 1.29 is 9.53 Å². The van der Waals surface area contributed by atoms with Gasteiger partial charge in [0.25, 0.3) is 0 Å². The highest BCUT2D eigenvalue weighted by atomic mass is 79.9. The van der Waals surface area contributed by atoms with Crippen LogP contribution in [0.4, 0.5) is 0 Å². The molecule has 5 heteroatoms. The topological polar surface area (TPSA) is 44.1 Å². The van der Waals surface area contributed by atoms with Crippen molar-refractivity contribution in [1.29, 1.82) is 0 Å². The van der Waals surface area contributed by atoms with Crippen molar-refractivity contribution in [2.45, 2.75) is 33.2 Å². The number of ether oxygens (including phenoxy) is 1. The molecule has 0 saturated carbocycles. The Hall–Kier alpha value is -0.840. The third-order valence-corrected chi connectivity index (χ3v) is 2.88. The highest BCUT2D eigenvalue weighted by Gasteiger charge is 2.05. The number of nitrogens with zero attached hydrogens (tertiary/aromatic N) is 2. The molecule has 0 amide bonds. The van der Waals surface area contributed by atoms with Crippen LogP contribution in [0.25, 0.3) is 0 Å². The van der Waals surface area contributed by atoms with Crippen LogP contribution in [-0.2, 0) is 16.1 Å². The van der Waals surface area contributed by atoms with Crippen molar-refractivity contribution in [1.82, 2.24) is 9.78 Å². The minimum absolute atomic E-state index is 0.138. The van der Waals surface area contributed by atoms with Gasteiger partial charge < -0.3 is 4.74 Å². The third-order valence-electron chi connectivity index (χ3n) is 2.10. The maximum absolute atomic E-state index is 11.1. The lowest BCUT2D eigenvalue weighted by Gasteiger charge is -2.04. The second-order valence-electron chi connectivity index (χ2n) is 3.21. The van der Waals surface area contributed by atoms with Gasteiger partial charge in [-0.2, -0.15) is 5.10 Å². The van der Waals surface area contributed by atoms with Crippen LogP contribution in [0.2, 0.25) is 0 Å². The van der Waals surface area contributed by atoms with Gasteiger partial charge in [0.1, 0.15) is 0 Å². The van der Waals surface area contributed by atoms with Gasteiger partial charge in [0.2, 0.25) is 0 Å². The molecule has 1 aromatic heterocycles. The summed E-state index contributed by atoms with van der Waals surface area (Å²) in [4.78, 5) is 11.1. The zero-order valence-corrected chi connectivity index (χ0v) is 10.6. The van der Waals surface area contributed by atoms with Gasteiger partial charge in [-0.1, -0.05) is 0 Å². The van der Waals surface area contributed by atoms with Crippen molar-refractivity contribution >= 4 is 21.9 Å². The molecule has 0 unspecified atom stereocenters. The summed E-state index contributed by atoms with van der Waals surface area (Å²) in [5.41, 5.74) is 1.08. The summed E-state index contributed by atoms with van der Waals surface area (Å²) in [5, 5.41) is 4.18. The zero-order chi connectivity index (χ0) is 11.3. The minimum atomic E-state index is -0.138. The second kappa shape index (κ2) is 5.90. The minimum Gasteiger partial charge on any atom is -0.466 e. The maximum atomic E-state index is 11.1. The molecule has 0 fully saturated rings. The van der Waals surface area contributed by atoms with Crippen LogP contribution in [-0.4, -0.2) is 22.4 Å². The monoisotopic (exact) mass is 274 g/mol. The fourth-order valence-corrected chi connectivity index (χ4v) is 1.55. The van der Waals surface area contributed by atoms with Crippen LogP contribution >= 0.6 is 15.9 Å². The summed E-state index contributed by atoms with van der Waals surface area (Å²) in [5.74, 6) is -0.138. The number of carbonyl (C=O) groups is 1. The molecule has 0 N–H and O–H groups in total. The molecule has 0 aromatic carbocycles. The van der Waals surface area contributed by atoms with Gasteiger partial charge in [-0.25, -0.2) is 0 Å². The predicted octanol–water partition coefficient (Wildman–Crippen LogP) is 2.30. The van der Waals surface area contributed by atoms with Gasteiger partial charge in [-0.3, -0.25) is 9.48 Å². The molecule has 0 spiro atoms. The van der Waals surface area contributed by atoms with Gasteiger partial charge in [0.05, 0.1) is 17.3 Å². The maximum Gasteiger partial charge on any atom is 0.305 e. The van der Waals surface area contributed by atoms with Crippen LogP contribution in [0.5, 0.6) is 0 Å². The molecule has 1 heterocycles. The molecule has 4 nitrogen and oxygen atoms in total. The van der Waals surface area contributed by atoms with Gasteiger partial charge in [0, 0.05) is 18.7 Å². The summed E-state index contributed by atoms with van der Waals surface area (Å²) >= 11 is 3.39. The number of aromatic nitrogens is 2. The summed E-state index contributed by atoms with van der Waals surface area (Å²) in [7, 11) is 0. The van der Waals surface area contributed by atoms with E-state index < -0.39 is 0 Å². The Morgan fingerprint density at radius 2 is 2.40 bits per heavy atom. The predicted molar refractivity (Wildman–Crippen MR) is 60.5 cm³/mol. The Bertz CT molecular complexity index is 336. The van der Waals surface area contributed by atoms with Gasteiger partial charge in [-0.15, -0.1) is 0 Å². The van der Waals surface area contributed by atoms with E-state index in [1.165, 1.54) is 0 Å². The highest BCUT2D eigenvalue weighted by molar-refractivity contribution is 9.10. The van der Waals surface area contributed by atoms with E-state index in [2.05, 4.69) is 21.0 Å². The average Bonchev–Trinajstić information content (AvgIpc) is 2.50. The first-order valence-corrected chi connectivity index (χ1v) is 5.78. The van der Waals surface area contributed by atoms with E-state index in [9.17, 15) is 4.79 Å². The van der Waals surface area contributed by atoms with Crippen molar-refractivity contribution in [3.63, 3.8) is 0 Å². The van der Waals surface area contributed by atoms with Crippen molar-refractivity contribution in [3.05, 3.63) is 16.4 Å². The second-order valence-corrected chi connectivity index (χ2v) is 4.06. The number of hydrogen-bond donors (Lipinski definition) is 0. The first-order valence-electron chi connectivity index (χ1n) is 4.98. The summed E-state index contributed by atoms with van der Waals surface area (Å²) in [6.45, 7) is 5.00. The SMILES string of the molecule is CCOC(=O)CCCn1ncc(Br)c1C. The van der Waals surface area contributed by atoms with Crippen molar-refractivity contribution in [3.8, 4) is 0 Å². The van der Waals surface area contributed by atoms with Gasteiger partial charge >= 0.3 is 5.97 Å². The summed E-state index contributed by atoms with van der Waals surface area (Å²) in [6.07, 6.45) is 2.97. The number of hydrogen-bond acceptors (Lipinski definition) is 3. The zero-order valence-electron chi connectivity index (χ0n) is 8.99. The average molecular weight is 275 g/mol. The normalized spacial score (nSPS) is 10.3. The Labute approximate surface area is 97.7 Å². The molecule has 0 saturated heterocycles. The van der Waals surface area contributed by atoms with E-state index >= 15 is 0 Å². The van der Waals surface area contributed by atoms with Crippen LogP contribution in [0.1, 0.15) is 25.5 Å². The lowest BCUT2D eigenvalue weighted by Crippen LogP contribution is -2.07. The molecule has 1 rings (SSSR count). The quantitative estimate of drug-likeness (QED) is 0.774. The third kappa shape index (κ3) is 3.66. The largest absolute Gasteiger partial charge is 0.466 e. The first kappa shape index (κ1) is 12.2. The van der Waals surface area contributed by atoms with Gasteiger partial charge in [-0.05, 0) is 36.2 Å². The molecule has 0 aliphatic carbocycles. The van der Waals surface area contributed by atoms with Gasteiger partial charge in [0.15, 0.2) is 0 Å². The Kier molecular flexibility index (Phi) is 4.81. The van der Waals surface area contributed by atoms with E-state index in [0.29, 0.717) is 13.0 Å². The lowest BCUT2D eigenvalue weighted by molar-refractivity contribution is -0.143. The van der Waals surface area contributed by atoms with E-state index in [4.69, 9.17) is 4.74 Å². The van der Waals surface area contributed by atoms with E-state index in [1.807, 2.05) is 18.5 Å². The first-order chi connectivity index (χ1) is 7.15. The molecule has 84 valence electrons. The van der Waals surface area contributed by atoms with E-state index in [1.54, 1.807) is 6.20 Å². The Morgan fingerprint density at radius 3 is 2.93 bits per heavy atom. The van der Waals surface area contributed by atoms with Crippen LogP contribution in [0, 0.1) is 6.92 Å². The molecule has 15 heavy (non-hydrogen) atoms. The number of halogens is 1. The van der Waals surface area contributed by atoms with E-state index in [0.717, 1.165) is 23.1 Å². The lowest BCUT2D eigenvalue weighted by atomic mass is 10.3. The standard InChI is InChI=1S/C10H15BrN2O2/c1-3-15-10(14)5-4-6-13-8(2)9(11)7-12-13/h7H,3-6H2,1-2H3. The molecule has 0 radical (unpaired) electrons. The molecular weight excluding hydrogens is 260 g/mol. The molecular formula is C10H15BrN2O2. The number of carbonyl (C=O) groups excluding carboxylic acids is 1. The molecule has 0 aliphatic heterocycles. The van der Waals surface area contributed by atoms with Crippen molar-refractivity contribution in [2.24, 2.45) is 0 Å². The van der Waals surface area contributed by atoms with Crippen LogP contribution < -0.4 is 0 Å². The van der Waals surface area contributed by atoms with Crippen molar-refractivity contribution in [2.75, 3.05) is 6.61 Å². The fraction of sp³-hybridized carbons (Fsp3) is 0.600. The number of rotatable bonds is 5. The molecule has 0 bridgehead atoms. The molecule has 1 aromatic rings. The highest BCUT2D eigenvalue weighted by Crippen LogP contribution is 2.14. The fourth-order valence-electron chi connectivity index (χ4n) is 1.26. The van der Waals surface area contributed by atoms with E-state index in [-0.39, 0.29) is 5.97 Å². The smallest absolute Gasteiger partial charge is 0.305 e. The summed E-state index contributed by atoms with van der Waals surface area (Å²) in [6, 6.07) is 0. The summed E-state index contributed by atoms with van der Waals surface area (Å²) < 4.78 is 7.71. The van der Waals surface area contributed by atoms with Crippen LogP contribution in [0.15, 0.2) is 10.7 Å². The Morgan fingerprint density at radius 1 is 1.67 bits per heavy atom. The van der Waals surface area contributed by atoms with Crippen LogP contribution in [0.3, 0.4) is 0 Å². The Balaban J connectivity index is 2.32. The number of esters is 1. The number of aryl methyl sites for hydroxylation is 1.